The number of nitro groups is 1. The molecule has 1 atom stereocenters. The molecule has 0 aliphatic carbocycles. The van der Waals surface area contributed by atoms with E-state index in [0.29, 0.717) is 0 Å². The number of aliphatic hydroxyl groups excluding tert-OH is 1. The van der Waals surface area contributed by atoms with Crippen molar-refractivity contribution in [2.24, 2.45) is 0 Å². The third kappa shape index (κ3) is 2.77. The average Bonchev–Trinajstić information content (AvgIpc) is 1.60. The van der Waals surface area contributed by atoms with Gasteiger partial charge < -0.3 is 5.11 Å². The first-order valence-electron chi connectivity index (χ1n) is 3.19. The molecule has 0 aromatic rings. The quantitative estimate of drug-likeness (QED) is 0.474. The lowest BCUT2D eigenvalue weighted by Crippen LogP contribution is -2.34. The van der Waals surface area contributed by atoms with E-state index in [1.807, 2.05) is 0 Å². The van der Waals surface area contributed by atoms with Crippen LogP contribution in [0.2, 0.25) is 0 Å². The number of hydrogen-bond acceptors (Lipinski definition) is 3. The SMILES string of the molecule is CC(O)CC(C)(C)[N+](=O)[O-]. The third-order valence-electron chi connectivity index (χ3n) is 1.29. The predicted octanol–water partition coefficient (Wildman–Crippen LogP) is 0.813. The number of aliphatic hydroxyl groups is 1. The van der Waals surface area contributed by atoms with Gasteiger partial charge in [-0.3, -0.25) is 10.1 Å². The van der Waals surface area contributed by atoms with Crippen molar-refractivity contribution >= 4 is 0 Å². The summed E-state index contributed by atoms with van der Waals surface area (Å²) in [6.07, 6.45) is -0.416. The smallest absolute Gasteiger partial charge is 0.219 e. The monoisotopic (exact) mass is 147 g/mol. The Labute approximate surface area is 60.0 Å². The predicted molar refractivity (Wildman–Crippen MR) is 37.4 cm³/mol. The molecule has 1 unspecified atom stereocenters. The maximum absolute atomic E-state index is 10.3. The van der Waals surface area contributed by atoms with E-state index in [9.17, 15) is 10.1 Å². The summed E-state index contributed by atoms with van der Waals surface area (Å²) in [6, 6.07) is 0. The van der Waals surface area contributed by atoms with Crippen molar-refractivity contribution in [3.8, 4) is 0 Å². The largest absolute Gasteiger partial charge is 0.393 e. The summed E-state index contributed by atoms with van der Waals surface area (Å²) in [5.74, 6) is 0. The van der Waals surface area contributed by atoms with Gasteiger partial charge in [0, 0.05) is 25.2 Å². The molecular formula is C6H13NO3. The average molecular weight is 147 g/mol. The Bertz CT molecular complexity index is 131. The van der Waals surface area contributed by atoms with Gasteiger partial charge in [-0.05, 0) is 6.92 Å². The lowest BCUT2D eigenvalue weighted by atomic mass is 9.99. The minimum absolute atomic E-state index is 0.194. The molecule has 0 aliphatic heterocycles. The van der Waals surface area contributed by atoms with E-state index in [-0.39, 0.29) is 11.3 Å². The molecule has 0 fully saturated rings. The van der Waals surface area contributed by atoms with Gasteiger partial charge in [-0.15, -0.1) is 0 Å². The van der Waals surface area contributed by atoms with E-state index >= 15 is 0 Å². The molecule has 0 amide bonds. The molecule has 0 heterocycles. The Morgan fingerprint density at radius 2 is 2.10 bits per heavy atom. The Hall–Kier alpha value is -0.640. The molecule has 0 bridgehead atoms. The van der Waals surface area contributed by atoms with E-state index in [4.69, 9.17) is 5.11 Å². The minimum atomic E-state index is -1.01. The topological polar surface area (TPSA) is 63.4 Å². The Morgan fingerprint density at radius 3 is 2.20 bits per heavy atom. The Balaban J connectivity index is 4.00. The van der Waals surface area contributed by atoms with Gasteiger partial charge in [-0.1, -0.05) is 0 Å². The summed E-state index contributed by atoms with van der Waals surface area (Å²) in [7, 11) is 0. The van der Waals surface area contributed by atoms with Crippen molar-refractivity contribution in [1.82, 2.24) is 0 Å². The Morgan fingerprint density at radius 1 is 1.70 bits per heavy atom. The van der Waals surface area contributed by atoms with Crippen LogP contribution >= 0.6 is 0 Å². The summed E-state index contributed by atoms with van der Waals surface area (Å²) >= 11 is 0. The van der Waals surface area contributed by atoms with Gasteiger partial charge in [0.15, 0.2) is 0 Å². The molecule has 60 valence electrons. The first-order chi connectivity index (χ1) is 4.36. The van der Waals surface area contributed by atoms with E-state index < -0.39 is 11.6 Å². The molecular weight excluding hydrogens is 134 g/mol. The zero-order valence-electron chi connectivity index (χ0n) is 6.50. The molecule has 4 heteroatoms. The lowest BCUT2D eigenvalue weighted by molar-refractivity contribution is -0.563. The highest BCUT2D eigenvalue weighted by Crippen LogP contribution is 2.14. The maximum atomic E-state index is 10.3. The summed E-state index contributed by atoms with van der Waals surface area (Å²) in [5, 5.41) is 19.1. The van der Waals surface area contributed by atoms with Crippen LogP contribution in [0.3, 0.4) is 0 Å². The van der Waals surface area contributed by atoms with E-state index in [1.165, 1.54) is 13.8 Å². The molecule has 0 saturated heterocycles. The molecule has 0 spiro atoms. The standard InChI is InChI=1S/C6H13NO3/c1-5(8)4-6(2,3)7(9)10/h5,8H,4H2,1-3H3. The molecule has 10 heavy (non-hydrogen) atoms. The minimum Gasteiger partial charge on any atom is -0.393 e. The molecule has 0 rings (SSSR count). The first kappa shape index (κ1) is 9.36. The molecule has 0 aliphatic rings. The van der Waals surface area contributed by atoms with E-state index in [1.54, 1.807) is 6.92 Å². The van der Waals surface area contributed by atoms with Gasteiger partial charge in [0.05, 0.1) is 6.10 Å². The second kappa shape index (κ2) is 2.96. The Kier molecular flexibility index (Phi) is 2.77. The summed E-state index contributed by atoms with van der Waals surface area (Å²) in [4.78, 5) is 9.88. The molecule has 0 saturated carbocycles. The van der Waals surface area contributed by atoms with Crippen LogP contribution in [0.4, 0.5) is 0 Å². The third-order valence-corrected chi connectivity index (χ3v) is 1.29. The molecule has 1 N–H and O–H groups in total. The van der Waals surface area contributed by atoms with Crippen LogP contribution in [-0.2, 0) is 0 Å². The van der Waals surface area contributed by atoms with Gasteiger partial charge in [-0.2, -0.15) is 0 Å². The van der Waals surface area contributed by atoms with E-state index in [2.05, 4.69) is 0 Å². The molecule has 0 radical (unpaired) electrons. The molecule has 0 aromatic carbocycles. The van der Waals surface area contributed by atoms with Gasteiger partial charge in [0.1, 0.15) is 0 Å². The second-order valence-corrected chi connectivity index (χ2v) is 3.12. The van der Waals surface area contributed by atoms with Crippen molar-refractivity contribution in [3.05, 3.63) is 10.1 Å². The van der Waals surface area contributed by atoms with Crippen molar-refractivity contribution in [2.75, 3.05) is 0 Å². The highest BCUT2D eigenvalue weighted by atomic mass is 16.6. The van der Waals surface area contributed by atoms with Gasteiger partial charge in [0.2, 0.25) is 5.54 Å². The van der Waals surface area contributed by atoms with Crippen molar-refractivity contribution in [1.29, 1.82) is 0 Å². The lowest BCUT2D eigenvalue weighted by Gasteiger charge is -2.16. The second-order valence-electron chi connectivity index (χ2n) is 3.12. The maximum Gasteiger partial charge on any atom is 0.219 e. The fourth-order valence-corrected chi connectivity index (χ4v) is 0.797. The fourth-order valence-electron chi connectivity index (χ4n) is 0.797. The fraction of sp³-hybridized carbons (Fsp3) is 1.00. The van der Waals surface area contributed by atoms with Crippen LogP contribution in [0.5, 0.6) is 0 Å². The van der Waals surface area contributed by atoms with Crippen LogP contribution in [0.1, 0.15) is 27.2 Å². The molecule has 0 aromatic heterocycles. The zero-order valence-corrected chi connectivity index (χ0v) is 6.50. The van der Waals surface area contributed by atoms with Crippen molar-refractivity contribution in [2.45, 2.75) is 38.8 Å². The van der Waals surface area contributed by atoms with Crippen molar-refractivity contribution < 1.29 is 10.0 Å². The first-order valence-corrected chi connectivity index (χ1v) is 3.19. The van der Waals surface area contributed by atoms with E-state index in [0.717, 1.165) is 0 Å². The number of rotatable bonds is 3. The summed E-state index contributed by atoms with van der Waals surface area (Å²) in [5.41, 5.74) is -1.01. The van der Waals surface area contributed by atoms with Crippen LogP contribution in [-0.4, -0.2) is 21.7 Å². The normalized spacial score (nSPS) is 14.8. The highest BCUT2D eigenvalue weighted by Gasteiger charge is 2.31. The summed E-state index contributed by atoms with van der Waals surface area (Å²) in [6.45, 7) is 4.55. The van der Waals surface area contributed by atoms with Crippen LogP contribution < -0.4 is 0 Å². The number of nitrogens with zero attached hydrogens (tertiary/aromatic N) is 1. The highest BCUT2D eigenvalue weighted by molar-refractivity contribution is 4.69. The molecule has 4 nitrogen and oxygen atoms in total. The van der Waals surface area contributed by atoms with Gasteiger partial charge >= 0.3 is 0 Å². The van der Waals surface area contributed by atoms with Crippen LogP contribution in [0, 0.1) is 10.1 Å². The zero-order chi connectivity index (χ0) is 8.36. The van der Waals surface area contributed by atoms with Gasteiger partial charge in [-0.25, -0.2) is 0 Å². The van der Waals surface area contributed by atoms with Gasteiger partial charge in [0.25, 0.3) is 0 Å². The van der Waals surface area contributed by atoms with Crippen LogP contribution in [0.15, 0.2) is 0 Å². The number of hydrogen-bond donors (Lipinski definition) is 1. The summed E-state index contributed by atoms with van der Waals surface area (Å²) < 4.78 is 0. The van der Waals surface area contributed by atoms with Crippen molar-refractivity contribution in [3.63, 3.8) is 0 Å². The van der Waals surface area contributed by atoms with Crippen LogP contribution in [0.25, 0.3) is 0 Å².